The Morgan fingerprint density at radius 3 is 2.37 bits per heavy atom. The molecule has 2 aromatic carbocycles. The summed E-state index contributed by atoms with van der Waals surface area (Å²) >= 11 is 0. The summed E-state index contributed by atoms with van der Waals surface area (Å²) in [6, 6.07) is 10.8. The van der Waals surface area contributed by atoms with E-state index in [1.165, 1.54) is 17.2 Å². The first-order valence-corrected chi connectivity index (χ1v) is 6.33. The van der Waals surface area contributed by atoms with Gasteiger partial charge in [0.15, 0.2) is 0 Å². The van der Waals surface area contributed by atoms with Crippen LogP contribution < -0.4 is 5.32 Å². The molecule has 0 saturated heterocycles. The van der Waals surface area contributed by atoms with E-state index in [2.05, 4.69) is 31.3 Å². The van der Waals surface area contributed by atoms with Crippen LogP contribution in [0.2, 0.25) is 0 Å². The van der Waals surface area contributed by atoms with E-state index in [9.17, 15) is 10.2 Å². The first-order chi connectivity index (χ1) is 8.97. The van der Waals surface area contributed by atoms with E-state index >= 15 is 0 Å². The smallest absolute Gasteiger partial charge is 0.124 e. The van der Waals surface area contributed by atoms with Crippen molar-refractivity contribution in [2.45, 2.75) is 26.8 Å². The van der Waals surface area contributed by atoms with Crippen LogP contribution in [0.4, 0.5) is 5.69 Å². The zero-order valence-electron chi connectivity index (χ0n) is 11.4. The Balaban J connectivity index is 2.23. The maximum absolute atomic E-state index is 9.85. The third-order valence-electron chi connectivity index (χ3n) is 3.23. The summed E-state index contributed by atoms with van der Waals surface area (Å²) in [5.74, 6) is 0.171. The highest BCUT2D eigenvalue weighted by Crippen LogP contribution is 2.30. The van der Waals surface area contributed by atoms with Crippen LogP contribution in [0.3, 0.4) is 0 Å². The van der Waals surface area contributed by atoms with E-state index < -0.39 is 0 Å². The van der Waals surface area contributed by atoms with Crippen LogP contribution in [0.1, 0.15) is 29.7 Å². The first-order valence-electron chi connectivity index (χ1n) is 6.33. The van der Waals surface area contributed by atoms with Crippen LogP contribution in [0.25, 0.3) is 0 Å². The molecule has 3 heteroatoms. The molecule has 0 saturated carbocycles. The molecule has 2 rings (SSSR count). The SMILES string of the molecule is Cc1ccc(NC(C)c2ccc(O)cc2O)c(C)c1. The topological polar surface area (TPSA) is 52.5 Å². The highest BCUT2D eigenvalue weighted by molar-refractivity contribution is 5.54. The van der Waals surface area contributed by atoms with Crippen LogP contribution in [0.15, 0.2) is 36.4 Å². The molecule has 0 spiro atoms. The van der Waals surface area contributed by atoms with E-state index in [0.29, 0.717) is 0 Å². The summed E-state index contributed by atoms with van der Waals surface area (Å²) in [5.41, 5.74) is 4.21. The quantitative estimate of drug-likeness (QED) is 0.782. The maximum atomic E-state index is 9.85. The van der Waals surface area contributed by atoms with E-state index in [0.717, 1.165) is 11.3 Å². The first kappa shape index (κ1) is 13.3. The van der Waals surface area contributed by atoms with Crippen LogP contribution in [0.5, 0.6) is 11.5 Å². The Morgan fingerprint density at radius 2 is 1.74 bits per heavy atom. The number of hydrogen-bond donors (Lipinski definition) is 3. The van der Waals surface area contributed by atoms with Gasteiger partial charge in [0.2, 0.25) is 0 Å². The van der Waals surface area contributed by atoms with E-state index in [-0.39, 0.29) is 17.5 Å². The predicted octanol–water partition coefficient (Wildman–Crippen LogP) is 3.89. The molecule has 0 aromatic heterocycles. The van der Waals surface area contributed by atoms with Gasteiger partial charge >= 0.3 is 0 Å². The lowest BCUT2D eigenvalue weighted by molar-refractivity contribution is 0.444. The Labute approximate surface area is 113 Å². The molecule has 3 nitrogen and oxygen atoms in total. The molecular weight excluding hydrogens is 238 g/mol. The number of rotatable bonds is 3. The van der Waals surface area contributed by atoms with Crippen molar-refractivity contribution in [3.8, 4) is 11.5 Å². The number of aryl methyl sites for hydroxylation is 2. The summed E-state index contributed by atoms with van der Waals surface area (Å²) in [6.45, 7) is 6.09. The Kier molecular flexibility index (Phi) is 3.65. The van der Waals surface area contributed by atoms with Gasteiger partial charge in [0.05, 0.1) is 6.04 Å². The number of phenolic OH excluding ortho intramolecular Hbond substituents is 2. The molecule has 0 aliphatic rings. The molecular formula is C16H19NO2. The third kappa shape index (κ3) is 2.99. The molecule has 0 heterocycles. The van der Waals surface area contributed by atoms with Crippen molar-refractivity contribution < 1.29 is 10.2 Å². The van der Waals surface area contributed by atoms with Crippen molar-refractivity contribution in [1.82, 2.24) is 0 Å². The molecule has 3 N–H and O–H groups in total. The highest BCUT2D eigenvalue weighted by atomic mass is 16.3. The number of phenols is 2. The van der Waals surface area contributed by atoms with Gasteiger partial charge in [-0.2, -0.15) is 0 Å². The average molecular weight is 257 g/mol. The van der Waals surface area contributed by atoms with E-state index in [4.69, 9.17) is 0 Å². The van der Waals surface area contributed by atoms with Crippen molar-refractivity contribution >= 4 is 5.69 Å². The number of benzene rings is 2. The van der Waals surface area contributed by atoms with Gasteiger partial charge in [0.1, 0.15) is 11.5 Å². The van der Waals surface area contributed by atoms with Crippen LogP contribution >= 0.6 is 0 Å². The van der Waals surface area contributed by atoms with Gasteiger partial charge in [-0.25, -0.2) is 0 Å². The van der Waals surface area contributed by atoms with Gasteiger partial charge in [0.25, 0.3) is 0 Å². The standard InChI is InChI=1S/C16H19NO2/c1-10-4-7-15(11(2)8-10)17-12(3)14-6-5-13(18)9-16(14)19/h4-9,12,17-19H,1-3H3. The van der Waals surface area contributed by atoms with E-state index in [1.54, 1.807) is 12.1 Å². The van der Waals surface area contributed by atoms with E-state index in [1.807, 2.05) is 13.0 Å². The zero-order chi connectivity index (χ0) is 14.0. The molecule has 0 bridgehead atoms. The normalized spacial score (nSPS) is 12.2. The lowest BCUT2D eigenvalue weighted by Crippen LogP contribution is -2.08. The van der Waals surface area contributed by atoms with Crippen LogP contribution in [0, 0.1) is 13.8 Å². The fraction of sp³-hybridized carbons (Fsp3) is 0.250. The lowest BCUT2D eigenvalue weighted by Gasteiger charge is -2.19. The van der Waals surface area contributed by atoms with Crippen molar-refractivity contribution in [1.29, 1.82) is 0 Å². The molecule has 1 atom stereocenters. The molecule has 0 amide bonds. The Hall–Kier alpha value is -2.16. The molecule has 0 radical (unpaired) electrons. The van der Waals surface area contributed by atoms with Gasteiger partial charge < -0.3 is 15.5 Å². The van der Waals surface area contributed by atoms with Crippen molar-refractivity contribution in [2.24, 2.45) is 0 Å². The van der Waals surface area contributed by atoms with Gasteiger partial charge in [-0.05, 0) is 44.5 Å². The largest absolute Gasteiger partial charge is 0.508 e. The Morgan fingerprint density at radius 1 is 1.00 bits per heavy atom. The van der Waals surface area contributed by atoms with Gasteiger partial charge in [-0.15, -0.1) is 0 Å². The summed E-state index contributed by atoms with van der Waals surface area (Å²) < 4.78 is 0. The number of aromatic hydroxyl groups is 2. The third-order valence-corrected chi connectivity index (χ3v) is 3.23. The summed E-state index contributed by atoms with van der Waals surface area (Å²) in [4.78, 5) is 0. The molecule has 0 aliphatic heterocycles. The second-order valence-corrected chi connectivity index (χ2v) is 4.93. The number of anilines is 1. The number of nitrogens with one attached hydrogen (secondary N) is 1. The number of hydrogen-bond acceptors (Lipinski definition) is 3. The fourth-order valence-corrected chi connectivity index (χ4v) is 2.18. The molecule has 100 valence electrons. The van der Waals surface area contributed by atoms with Crippen molar-refractivity contribution in [2.75, 3.05) is 5.32 Å². The minimum Gasteiger partial charge on any atom is -0.508 e. The van der Waals surface area contributed by atoms with Crippen molar-refractivity contribution in [3.63, 3.8) is 0 Å². The zero-order valence-corrected chi connectivity index (χ0v) is 11.4. The molecule has 0 aliphatic carbocycles. The fourth-order valence-electron chi connectivity index (χ4n) is 2.18. The summed E-state index contributed by atoms with van der Waals surface area (Å²) in [7, 11) is 0. The average Bonchev–Trinajstić information content (AvgIpc) is 2.32. The van der Waals surface area contributed by atoms with Crippen molar-refractivity contribution in [3.05, 3.63) is 53.1 Å². The second kappa shape index (κ2) is 5.22. The summed E-state index contributed by atoms with van der Waals surface area (Å²) in [5, 5.41) is 22.5. The van der Waals surface area contributed by atoms with Crippen LogP contribution in [-0.2, 0) is 0 Å². The lowest BCUT2D eigenvalue weighted by atomic mass is 10.0. The highest BCUT2D eigenvalue weighted by Gasteiger charge is 2.11. The Bertz CT molecular complexity index is 593. The maximum Gasteiger partial charge on any atom is 0.124 e. The van der Waals surface area contributed by atoms with Gasteiger partial charge in [-0.3, -0.25) is 0 Å². The molecule has 2 aromatic rings. The van der Waals surface area contributed by atoms with Gasteiger partial charge in [-0.1, -0.05) is 17.7 Å². The monoisotopic (exact) mass is 257 g/mol. The minimum absolute atomic E-state index is 0.0398. The van der Waals surface area contributed by atoms with Crippen LogP contribution in [-0.4, -0.2) is 10.2 Å². The van der Waals surface area contributed by atoms with Gasteiger partial charge in [0, 0.05) is 17.3 Å². The summed E-state index contributed by atoms with van der Waals surface area (Å²) in [6.07, 6.45) is 0. The molecule has 1 unspecified atom stereocenters. The molecule has 19 heavy (non-hydrogen) atoms. The minimum atomic E-state index is -0.0398. The second-order valence-electron chi connectivity index (χ2n) is 4.93. The predicted molar refractivity (Wildman–Crippen MR) is 77.7 cm³/mol. The molecule has 0 fully saturated rings.